The van der Waals surface area contributed by atoms with Crippen molar-refractivity contribution in [1.82, 2.24) is 10.6 Å². The van der Waals surface area contributed by atoms with Crippen LogP contribution in [0.5, 0.6) is 5.75 Å². The Morgan fingerprint density at radius 2 is 1.68 bits per heavy atom. The first kappa shape index (κ1) is 21.5. The Balaban J connectivity index is 1.60. The highest BCUT2D eigenvalue weighted by atomic mass is 35.5. The standard InChI is InChI=1S/C19H18Cl2N2O5/c20-15-7-6-13(10-16(15)21)19(26)23-11-18(25)28-12-17(24)22-8-9-27-14-4-2-1-3-5-14/h1-7,10H,8-9,11-12H2,(H,22,24)(H,23,26). The normalized spacial score (nSPS) is 10.1. The maximum Gasteiger partial charge on any atom is 0.325 e. The van der Waals surface area contributed by atoms with Crippen molar-refractivity contribution in [3.05, 3.63) is 64.1 Å². The lowest BCUT2D eigenvalue weighted by atomic mass is 10.2. The van der Waals surface area contributed by atoms with Crippen molar-refractivity contribution in [2.45, 2.75) is 0 Å². The van der Waals surface area contributed by atoms with E-state index in [1.165, 1.54) is 18.2 Å². The lowest BCUT2D eigenvalue weighted by Crippen LogP contribution is -2.35. The molecule has 0 aliphatic heterocycles. The van der Waals surface area contributed by atoms with E-state index >= 15 is 0 Å². The molecule has 0 saturated carbocycles. The van der Waals surface area contributed by atoms with Gasteiger partial charge >= 0.3 is 5.97 Å². The van der Waals surface area contributed by atoms with E-state index in [0.717, 1.165) is 0 Å². The maximum absolute atomic E-state index is 11.9. The van der Waals surface area contributed by atoms with E-state index in [-0.39, 0.29) is 30.3 Å². The maximum atomic E-state index is 11.9. The van der Waals surface area contributed by atoms with Crippen molar-refractivity contribution in [3.8, 4) is 5.75 Å². The molecule has 9 heteroatoms. The molecular formula is C19H18Cl2N2O5. The summed E-state index contributed by atoms with van der Waals surface area (Å²) in [4.78, 5) is 35.2. The van der Waals surface area contributed by atoms with Gasteiger partial charge in [-0.2, -0.15) is 0 Å². The SMILES string of the molecule is O=C(COC(=O)CNC(=O)c1ccc(Cl)c(Cl)c1)NCCOc1ccccc1. The zero-order chi connectivity index (χ0) is 20.4. The molecule has 0 atom stereocenters. The first-order valence-corrected chi connectivity index (χ1v) is 9.04. The Morgan fingerprint density at radius 3 is 2.39 bits per heavy atom. The minimum absolute atomic E-state index is 0.227. The highest BCUT2D eigenvalue weighted by Gasteiger charge is 2.12. The van der Waals surface area contributed by atoms with Gasteiger partial charge in [-0.05, 0) is 30.3 Å². The molecule has 148 valence electrons. The van der Waals surface area contributed by atoms with Crippen LogP contribution in [-0.2, 0) is 14.3 Å². The smallest absolute Gasteiger partial charge is 0.325 e. The van der Waals surface area contributed by atoms with Crippen LogP contribution >= 0.6 is 23.2 Å². The van der Waals surface area contributed by atoms with Crippen molar-refractivity contribution < 1.29 is 23.9 Å². The third-order valence-corrected chi connectivity index (χ3v) is 4.11. The number of ether oxygens (including phenoxy) is 2. The largest absolute Gasteiger partial charge is 0.492 e. The minimum atomic E-state index is -0.746. The molecule has 0 spiro atoms. The van der Waals surface area contributed by atoms with Crippen molar-refractivity contribution in [1.29, 1.82) is 0 Å². The predicted octanol–water partition coefficient (Wildman–Crippen LogP) is 2.46. The number of para-hydroxylation sites is 1. The Kier molecular flexibility index (Phi) is 8.58. The first-order chi connectivity index (χ1) is 13.5. The highest BCUT2D eigenvalue weighted by Crippen LogP contribution is 2.22. The number of halogens is 2. The van der Waals surface area contributed by atoms with Gasteiger partial charge in [0.05, 0.1) is 16.6 Å². The van der Waals surface area contributed by atoms with E-state index in [4.69, 9.17) is 32.7 Å². The molecule has 0 aliphatic rings. The van der Waals surface area contributed by atoms with E-state index in [2.05, 4.69) is 10.6 Å². The highest BCUT2D eigenvalue weighted by molar-refractivity contribution is 6.42. The molecule has 7 nitrogen and oxygen atoms in total. The van der Waals surface area contributed by atoms with E-state index in [1.807, 2.05) is 18.2 Å². The van der Waals surface area contributed by atoms with Crippen molar-refractivity contribution in [2.24, 2.45) is 0 Å². The number of hydrogen-bond acceptors (Lipinski definition) is 5. The summed E-state index contributed by atoms with van der Waals surface area (Å²) in [6.45, 7) is -0.293. The molecule has 0 unspecified atom stereocenters. The van der Waals surface area contributed by atoms with Gasteiger partial charge in [0.25, 0.3) is 11.8 Å². The summed E-state index contributed by atoms with van der Waals surface area (Å²) >= 11 is 11.6. The molecule has 2 amide bonds. The second-order valence-electron chi connectivity index (χ2n) is 5.48. The van der Waals surface area contributed by atoms with Gasteiger partial charge in [-0.25, -0.2) is 0 Å². The summed E-state index contributed by atoms with van der Waals surface area (Å²) in [7, 11) is 0. The number of rotatable bonds is 9. The monoisotopic (exact) mass is 424 g/mol. The average Bonchev–Trinajstić information content (AvgIpc) is 2.70. The second kappa shape index (κ2) is 11.2. The van der Waals surface area contributed by atoms with E-state index in [9.17, 15) is 14.4 Å². The molecule has 0 aliphatic carbocycles. The second-order valence-corrected chi connectivity index (χ2v) is 6.30. The van der Waals surface area contributed by atoms with Crippen LogP contribution in [0.25, 0.3) is 0 Å². The van der Waals surface area contributed by atoms with Gasteiger partial charge in [0.15, 0.2) is 6.61 Å². The zero-order valence-corrected chi connectivity index (χ0v) is 16.3. The number of amides is 2. The lowest BCUT2D eigenvalue weighted by Gasteiger charge is -2.09. The Bertz CT molecular complexity index is 830. The molecule has 0 heterocycles. The van der Waals surface area contributed by atoms with Gasteiger partial charge in [0, 0.05) is 5.56 Å². The van der Waals surface area contributed by atoms with Gasteiger partial charge in [0.1, 0.15) is 18.9 Å². The third kappa shape index (κ3) is 7.46. The molecule has 2 aromatic carbocycles. The van der Waals surface area contributed by atoms with E-state index < -0.39 is 24.4 Å². The molecule has 0 radical (unpaired) electrons. The van der Waals surface area contributed by atoms with Crippen LogP contribution in [0.1, 0.15) is 10.4 Å². The third-order valence-electron chi connectivity index (χ3n) is 3.38. The van der Waals surface area contributed by atoms with Crippen LogP contribution in [0, 0.1) is 0 Å². The fraction of sp³-hybridized carbons (Fsp3) is 0.211. The fourth-order valence-electron chi connectivity index (χ4n) is 2.02. The molecule has 2 aromatic rings. The van der Waals surface area contributed by atoms with E-state index in [0.29, 0.717) is 10.8 Å². The van der Waals surface area contributed by atoms with Gasteiger partial charge in [-0.3, -0.25) is 14.4 Å². The number of carbonyl (C=O) groups excluding carboxylic acids is 3. The van der Waals surface area contributed by atoms with Crippen molar-refractivity contribution in [3.63, 3.8) is 0 Å². The molecule has 0 saturated heterocycles. The fourth-order valence-corrected chi connectivity index (χ4v) is 2.31. The topological polar surface area (TPSA) is 93.7 Å². The Morgan fingerprint density at radius 1 is 0.929 bits per heavy atom. The van der Waals surface area contributed by atoms with Crippen LogP contribution in [0.3, 0.4) is 0 Å². The summed E-state index contributed by atoms with van der Waals surface area (Å²) in [6.07, 6.45) is 0. The zero-order valence-electron chi connectivity index (χ0n) is 14.7. The number of hydrogen-bond donors (Lipinski definition) is 2. The predicted molar refractivity (Wildman–Crippen MR) is 105 cm³/mol. The number of carbonyl (C=O) groups is 3. The van der Waals surface area contributed by atoms with Crippen LogP contribution in [0.4, 0.5) is 0 Å². The van der Waals surface area contributed by atoms with Gasteiger partial charge in [-0.15, -0.1) is 0 Å². The summed E-state index contributed by atoms with van der Waals surface area (Å²) in [5.41, 5.74) is 0.248. The molecule has 2 N–H and O–H groups in total. The van der Waals surface area contributed by atoms with Crippen molar-refractivity contribution in [2.75, 3.05) is 26.3 Å². The van der Waals surface area contributed by atoms with Crippen LogP contribution in [0.15, 0.2) is 48.5 Å². The minimum Gasteiger partial charge on any atom is -0.492 e. The van der Waals surface area contributed by atoms with Gasteiger partial charge in [-0.1, -0.05) is 41.4 Å². The molecule has 28 heavy (non-hydrogen) atoms. The van der Waals surface area contributed by atoms with Gasteiger partial charge < -0.3 is 20.1 Å². The molecule has 0 fully saturated rings. The molecule has 2 rings (SSSR count). The summed E-state index contributed by atoms with van der Waals surface area (Å²) in [5, 5.41) is 5.47. The van der Waals surface area contributed by atoms with E-state index in [1.54, 1.807) is 12.1 Å². The summed E-state index contributed by atoms with van der Waals surface area (Å²) < 4.78 is 10.2. The quantitative estimate of drug-likeness (QED) is 0.476. The van der Waals surface area contributed by atoms with Crippen LogP contribution in [-0.4, -0.2) is 44.1 Å². The Labute approximate surface area is 171 Å². The lowest BCUT2D eigenvalue weighted by molar-refractivity contribution is -0.147. The van der Waals surface area contributed by atoms with Crippen LogP contribution < -0.4 is 15.4 Å². The molecular weight excluding hydrogens is 407 g/mol. The molecule has 0 aromatic heterocycles. The van der Waals surface area contributed by atoms with Crippen molar-refractivity contribution >= 4 is 41.0 Å². The summed E-state index contributed by atoms with van der Waals surface area (Å²) in [6, 6.07) is 13.5. The number of esters is 1. The summed E-state index contributed by atoms with van der Waals surface area (Å²) in [5.74, 6) is -1.04. The van der Waals surface area contributed by atoms with Crippen LogP contribution in [0.2, 0.25) is 10.0 Å². The first-order valence-electron chi connectivity index (χ1n) is 8.29. The molecule has 0 bridgehead atoms. The van der Waals surface area contributed by atoms with Gasteiger partial charge in [0.2, 0.25) is 0 Å². The number of nitrogens with one attached hydrogen (secondary N) is 2. The number of benzene rings is 2. The Hall–Kier alpha value is -2.77. The average molecular weight is 425 g/mol.